The van der Waals surface area contributed by atoms with Crippen molar-refractivity contribution in [2.45, 2.75) is 32.4 Å². The van der Waals surface area contributed by atoms with Crippen LogP contribution in [0.1, 0.15) is 25.5 Å². The standard InChI is InChI=1S/C13H20BrN3/c1-11(10-17-6-2-3-7-17)15-9-13-5-4-12(14)8-16-13/h4-5,8,11,15H,2-3,6-7,9-10H2,1H3. The summed E-state index contributed by atoms with van der Waals surface area (Å²) >= 11 is 3.39. The van der Waals surface area contributed by atoms with Gasteiger partial charge in [0.15, 0.2) is 0 Å². The Morgan fingerprint density at radius 3 is 2.82 bits per heavy atom. The predicted molar refractivity (Wildman–Crippen MR) is 73.9 cm³/mol. The number of hydrogen-bond donors (Lipinski definition) is 1. The molecular formula is C13H20BrN3. The Labute approximate surface area is 112 Å². The van der Waals surface area contributed by atoms with Crippen molar-refractivity contribution in [1.29, 1.82) is 0 Å². The summed E-state index contributed by atoms with van der Waals surface area (Å²) in [6.07, 6.45) is 4.57. The van der Waals surface area contributed by atoms with Gasteiger partial charge in [0.2, 0.25) is 0 Å². The second-order valence-corrected chi connectivity index (χ2v) is 5.67. The van der Waals surface area contributed by atoms with Crippen LogP contribution in [-0.2, 0) is 6.54 Å². The molecule has 17 heavy (non-hydrogen) atoms. The van der Waals surface area contributed by atoms with Gasteiger partial charge in [0.1, 0.15) is 0 Å². The van der Waals surface area contributed by atoms with E-state index >= 15 is 0 Å². The minimum absolute atomic E-state index is 0.526. The van der Waals surface area contributed by atoms with E-state index in [0.717, 1.165) is 23.3 Å². The fourth-order valence-electron chi connectivity index (χ4n) is 2.21. The number of rotatable bonds is 5. The average Bonchev–Trinajstić information content (AvgIpc) is 2.81. The monoisotopic (exact) mass is 297 g/mol. The van der Waals surface area contributed by atoms with E-state index in [1.807, 2.05) is 12.3 Å². The highest BCUT2D eigenvalue weighted by Gasteiger charge is 2.14. The van der Waals surface area contributed by atoms with Gasteiger partial charge in [-0.05, 0) is 60.9 Å². The number of hydrogen-bond acceptors (Lipinski definition) is 3. The lowest BCUT2D eigenvalue weighted by Gasteiger charge is -2.21. The Bertz CT molecular complexity index is 333. The van der Waals surface area contributed by atoms with Crippen molar-refractivity contribution >= 4 is 15.9 Å². The number of nitrogens with zero attached hydrogens (tertiary/aromatic N) is 2. The number of halogens is 1. The van der Waals surface area contributed by atoms with E-state index in [2.05, 4.69) is 44.1 Å². The summed E-state index contributed by atoms with van der Waals surface area (Å²) in [5.41, 5.74) is 1.10. The van der Waals surface area contributed by atoms with E-state index in [9.17, 15) is 0 Å². The third-order valence-corrected chi connectivity index (χ3v) is 3.62. The summed E-state index contributed by atoms with van der Waals surface area (Å²) in [7, 11) is 0. The lowest BCUT2D eigenvalue weighted by Crippen LogP contribution is -2.37. The van der Waals surface area contributed by atoms with Crippen molar-refractivity contribution in [3.8, 4) is 0 Å². The Balaban J connectivity index is 1.71. The van der Waals surface area contributed by atoms with Gasteiger partial charge in [0.25, 0.3) is 0 Å². The first-order valence-corrected chi connectivity index (χ1v) is 7.09. The van der Waals surface area contributed by atoms with Crippen LogP contribution < -0.4 is 5.32 Å². The van der Waals surface area contributed by atoms with Gasteiger partial charge in [0, 0.05) is 29.8 Å². The second kappa shape index (κ2) is 6.47. The maximum atomic E-state index is 4.36. The van der Waals surface area contributed by atoms with Crippen LogP contribution in [0.2, 0.25) is 0 Å². The minimum Gasteiger partial charge on any atom is -0.307 e. The molecule has 0 amide bonds. The molecule has 1 N–H and O–H groups in total. The van der Waals surface area contributed by atoms with Gasteiger partial charge in [0.05, 0.1) is 5.69 Å². The molecule has 1 unspecified atom stereocenters. The van der Waals surface area contributed by atoms with Crippen LogP contribution in [0.4, 0.5) is 0 Å². The molecule has 1 aliphatic heterocycles. The third-order valence-electron chi connectivity index (χ3n) is 3.15. The molecule has 0 aromatic carbocycles. The summed E-state index contributed by atoms with van der Waals surface area (Å²) in [4.78, 5) is 6.89. The molecule has 3 nitrogen and oxygen atoms in total. The molecule has 0 bridgehead atoms. The lowest BCUT2D eigenvalue weighted by molar-refractivity contribution is 0.298. The molecule has 1 fully saturated rings. The normalized spacial score (nSPS) is 18.5. The summed E-state index contributed by atoms with van der Waals surface area (Å²) in [6, 6.07) is 4.62. The average molecular weight is 298 g/mol. The molecule has 2 heterocycles. The van der Waals surface area contributed by atoms with Crippen LogP contribution in [0, 0.1) is 0 Å². The number of likely N-dealkylation sites (tertiary alicyclic amines) is 1. The first kappa shape index (κ1) is 13.0. The Hall–Kier alpha value is -0.450. The van der Waals surface area contributed by atoms with Crippen LogP contribution in [0.25, 0.3) is 0 Å². The molecule has 1 aromatic rings. The fraction of sp³-hybridized carbons (Fsp3) is 0.615. The van der Waals surface area contributed by atoms with Gasteiger partial charge in [-0.2, -0.15) is 0 Å². The molecule has 1 saturated heterocycles. The molecule has 4 heteroatoms. The molecule has 1 atom stereocenters. The summed E-state index contributed by atoms with van der Waals surface area (Å²) in [6.45, 7) is 6.78. The van der Waals surface area contributed by atoms with Crippen molar-refractivity contribution in [2.24, 2.45) is 0 Å². The number of nitrogens with one attached hydrogen (secondary N) is 1. The topological polar surface area (TPSA) is 28.2 Å². The molecule has 0 aliphatic carbocycles. The smallest absolute Gasteiger partial charge is 0.0542 e. The van der Waals surface area contributed by atoms with Gasteiger partial charge >= 0.3 is 0 Å². The van der Waals surface area contributed by atoms with Crippen LogP contribution >= 0.6 is 15.9 Å². The molecular weight excluding hydrogens is 278 g/mol. The largest absolute Gasteiger partial charge is 0.307 e. The van der Waals surface area contributed by atoms with E-state index in [1.165, 1.54) is 25.9 Å². The van der Waals surface area contributed by atoms with Crippen LogP contribution in [0.5, 0.6) is 0 Å². The predicted octanol–water partition coefficient (Wildman–Crippen LogP) is 2.42. The molecule has 0 saturated carbocycles. The van der Waals surface area contributed by atoms with Crippen molar-refractivity contribution < 1.29 is 0 Å². The highest BCUT2D eigenvalue weighted by Crippen LogP contribution is 2.09. The first-order valence-electron chi connectivity index (χ1n) is 6.30. The van der Waals surface area contributed by atoms with Crippen molar-refractivity contribution in [1.82, 2.24) is 15.2 Å². The van der Waals surface area contributed by atoms with E-state index in [4.69, 9.17) is 0 Å². The Kier molecular flexibility index (Phi) is 4.95. The zero-order chi connectivity index (χ0) is 12.1. The van der Waals surface area contributed by atoms with E-state index in [1.54, 1.807) is 0 Å². The molecule has 2 rings (SSSR count). The second-order valence-electron chi connectivity index (χ2n) is 4.76. The Morgan fingerprint density at radius 2 is 2.18 bits per heavy atom. The molecule has 94 valence electrons. The molecule has 0 spiro atoms. The first-order chi connectivity index (χ1) is 8.24. The molecule has 1 aliphatic rings. The van der Waals surface area contributed by atoms with Gasteiger partial charge in [-0.3, -0.25) is 4.98 Å². The summed E-state index contributed by atoms with van der Waals surface area (Å²) in [5, 5.41) is 3.53. The summed E-state index contributed by atoms with van der Waals surface area (Å²) < 4.78 is 1.03. The third kappa shape index (κ3) is 4.37. The van der Waals surface area contributed by atoms with Crippen molar-refractivity contribution in [3.63, 3.8) is 0 Å². The van der Waals surface area contributed by atoms with Crippen LogP contribution in [-0.4, -0.2) is 35.6 Å². The Morgan fingerprint density at radius 1 is 1.41 bits per heavy atom. The lowest BCUT2D eigenvalue weighted by atomic mass is 10.3. The van der Waals surface area contributed by atoms with Gasteiger partial charge in [-0.15, -0.1) is 0 Å². The van der Waals surface area contributed by atoms with Crippen molar-refractivity contribution in [3.05, 3.63) is 28.5 Å². The summed E-state index contributed by atoms with van der Waals surface area (Å²) in [5.74, 6) is 0. The van der Waals surface area contributed by atoms with E-state index in [-0.39, 0.29) is 0 Å². The fourth-order valence-corrected chi connectivity index (χ4v) is 2.44. The van der Waals surface area contributed by atoms with E-state index < -0.39 is 0 Å². The van der Waals surface area contributed by atoms with Gasteiger partial charge in [-0.1, -0.05) is 0 Å². The van der Waals surface area contributed by atoms with Gasteiger partial charge < -0.3 is 10.2 Å². The zero-order valence-electron chi connectivity index (χ0n) is 10.3. The quantitative estimate of drug-likeness (QED) is 0.905. The highest BCUT2D eigenvalue weighted by atomic mass is 79.9. The van der Waals surface area contributed by atoms with Crippen molar-refractivity contribution in [2.75, 3.05) is 19.6 Å². The number of pyridine rings is 1. The van der Waals surface area contributed by atoms with Crippen LogP contribution in [0.15, 0.2) is 22.8 Å². The zero-order valence-corrected chi connectivity index (χ0v) is 11.9. The van der Waals surface area contributed by atoms with Gasteiger partial charge in [-0.25, -0.2) is 0 Å². The highest BCUT2D eigenvalue weighted by molar-refractivity contribution is 9.10. The SMILES string of the molecule is CC(CN1CCCC1)NCc1ccc(Br)cn1. The van der Waals surface area contributed by atoms with Crippen LogP contribution in [0.3, 0.4) is 0 Å². The molecule has 0 radical (unpaired) electrons. The minimum atomic E-state index is 0.526. The maximum absolute atomic E-state index is 4.36. The maximum Gasteiger partial charge on any atom is 0.0542 e. The number of aromatic nitrogens is 1. The van der Waals surface area contributed by atoms with E-state index in [0.29, 0.717) is 6.04 Å². The molecule has 1 aromatic heterocycles.